The summed E-state index contributed by atoms with van der Waals surface area (Å²) in [6.07, 6.45) is 1.52. The molecule has 0 aliphatic carbocycles. The smallest absolute Gasteiger partial charge is 0.297 e. The molecule has 1 aliphatic heterocycles. The fraction of sp³-hybridized carbons (Fsp3) is 0.182. The third kappa shape index (κ3) is 3.04. The first-order valence-corrected chi connectivity index (χ1v) is 10.5. The van der Waals surface area contributed by atoms with Crippen LogP contribution >= 0.6 is 11.3 Å². The van der Waals surface area contributed by atoms with E-state index < -0.39 is 29.0 Å². The first-order chi connectivity index (χ1) is 15.0. The van der Waals surface area contributed by atoms with E-state index in [0.717, 1.165) is 23.6 Å². The molecule has 156 valence electrons. The molecule has 31 heavy (non-hydrogen) atoms. The summed E-state index contributed by atoms with van der Waals surface area (Å²) < 4.78 is 34.4. The number of carbonyl (C=O) groups is 1. The summed E-state index contributed by atoms with van der Waals surface area (Å²) in [4.78, 5) is 27.9. The quantitative estimate of drug-likeness (QED) is 0.464. The van der Waals surface area contributed by atoms with Crippen molar-refractivity contribution in [3.8, 4) is 0 Å². The number of amides is 1. The first-order valence-electron chi connectivity index (χ1n) is 9.66. The van der Waals surface area contributed by atoms with Crippen LogP contribution < -0.4 is 10.3 Å². The Balaban J connectivity index is 1.79. The number of benzene rings is 2. The van der Waals surface area contributed by atoms with Crippen LogP contribution in [0.5, 0.6) is 0 Å². The Hall–Kier alpha value is -3.46. The molecule has 6 nitrogen and oxygen atoms in total. The lowest BCUT2D eigenvalue weighted by atomic mass is 9.98. The maximum absolute atomic E-state index is 14.8. The topological polar surface area (TPSA) is 76.3 Å². The average molecular weight is 439 g/mol. The number of nitrogens with zero attached hydrogens (tertiary/aromatic N) is 3. The number of aromatic nitrogens is 2. The lowest BCUT2D eigenvalue weighted by Gasteiger charge is -2.22. The van der Waals surface area contributed by atoms with Crippen LogP contribution in [0.15, 0.2) is 51.7 Å². The number of carbonyl (C=O) groups excluding carboxylic acids is 1. The van der Waals surface area contributed by atoms with Crippen LogP contribution in [-0.4, -0.2) is 16.1 Å². The van der Waals surface area contributed by atoms with Gasteiger partial charge in [-0.15, -0.1) is 10.2 Å². The Labute approximate surface area is 178 Å². The fourth-order valence-corrected chi connectivity index (χ4v) is 4.76. The van der Waals surface area contributed by atoms with Crippen molar-refractivity contribution in [3.05, 3.63) is 86.2 Å². The van der Waals surface area contributed by atoms with Crippen molar-refractivity contribution in [3.63, 3.8) is 0 Å². The van der Waals surface area contributed by atoms with Gasteiger partial charge in [0.2, 0.25) is 10.9 Å². The highest BCUT2D eigenvalue weighted by molar-refractivity contribution is 7.15. The standard InChI is InChI=1S/C22H15F2N3O3S/c1-2-5-16-25-26-22(31-16)27-18(12-6-3-4-7-14(12)24)17-19(28)13-10-11(23)8-9-15(13)30-20(17)21(27)29/h3-4,6-10,18H,2,5H2,1H3. The summed E-state index contributed by atoms with van der Waals surface area (Å²) in [6, 6.07) is 8.27. The van der Waals surface area contributed by atoms with Crippen molar-refractivity contribution in [2.75, 3.05) is 4.90 Å². The van der Waals surface area contributed by atoms with Crippen molar-refractivity contribution in [1.82, 2.24) is 10.2 Å². The second-order valence-electron chi connectivity index (χ2n) is 7.14. The minimum atomic E-state index is -1.10. The lowest BCUT2D eigenvalue weighted by molar-refractivity contribution is 0.0970. The predicted octanol–water partition coefficient (Wildman–Crippen LogP) is 4.63. The molecule has 0 N–H and O–H groups in total. The van der Waals surface area contributed by atoms with E-state index in [1.807, 2.05) is 6.92 Å². The molecule has 4 aromatic rings. The monoisotopic (exact) mass is 439 g/mol. The molecule has 0 saturated carbocycles. The van der Waals surface area contributed by atoms with Gasteiger partial charge in [-0.05, 0) is 30.7 Å². The fourth-order valence-electron chi connectivity index (χ4n) is 3.79. The number of rotatable bonds is 4. The number of aryl methyl sites for hydroxylation is 1. The number of halogens is 2. The largest absolute Gasteiger partial charge is 0.450 e. The number of hydrogen-bond donors (Lipinski definition) is 0. The van der Waals surface area contributed by atoms with E-state index in [0.29, 0.717) is 6.42 Å². The molecule has 2 aromatic carbocycles. The van der Waals surface area contributed by atoms with Gasteiger partial charge in [0.15, 0.2) is 5.43 Å². The Morgan fingerprint density at radius 3 is 2.71 bits per heavy atom. The third-order valence-corrected chi connectivity index (χ3v) is 6.14. The van der Waals surface area contributed by atoms with Gasteiger partial charge in [-0.1, -0.05) is 36.5 Å². The van der Waals surface area contributed by atoms with Gasteiger partial charge in [-0.3, -0.25) is 14.5 Å². The second kappa shape index (κ2) is 7.35. The van der Waals surface area contributed by atoms with Gasteiger partial charge in [0.25, 0.3) is 5.91 Å². The zero-order valence-electron chi connectivity index (χ0n) is 16.3. The van der Waals surface area contributed by atoms with Gasteiger partial charge < -0.3 is 4.42 Å². The zero-order valence-corrected chi connectivity index (χ0v) is 17.1. The maximum atomic E-state index is 14.8. The second-order valence-corrected chi connectivity index (χ2v) is 8.18. The molecule has 3 heterocycles. The highest BCUT2D eigenvalue weighted by atomic mass is 32.1. The molecular formula is C22H15F2N3O3S. The maximum Gasteiger partial charge on any atom is 0.297 e. The molecule has 9 heteroatoms. The Bertz CT molecular complexity index is 1400. The molecule has 1 atom stereocenters. The SMILES string of the molecule is CCCc1nnc(N2C(=O)c3oc4ccc(F)cc4c(=O)c3C2c2ccccc2F)s1. The molecule has 0 saturated heterocycles. The van der Waals surface area contributed by atoms with E-state index in [1.54, 1.807) is 6.07 Å². The molecule has 5 rings (SSSR count). The van der Waals surface area contributed by atoms with Crippen LogP contribution in [0.4, 0.5) is 13.9 Å². The summed E-state index contributed by atoms with van der Waals surface area (Å²) in [5, 5.41) is 9.17. The van der Waals surface area contributed by atoms with Gasteiger partial charge in [-0.25, -0.2) is 8.78 Å². The third-order valence-electron chi connectivity index (χ3n) is 5.16. The number of hydrogen-bond acceptors (Lipinski definition) is 6. The number of anilines is 1. The van der Waals surface area contributed by atoms with Gasteiger partial charge in [0, 0.05) is 12.0 Å². The van der Waals surface area contributed by atoms with Crippen molar-refractivity contribution < 1.29 is 18.0 Å². The molecule has 0 radical (unpaired) electrons. The predicted molar refractivity (Wildman–Crippen MR) is 111 cm³/mol. The van der Waals surface area contributed by atoms with Crippen molar-refractivity contribution in [2.24, 2.45) is 0 Å². The van der Waals surface area contributed by atoms with Crippen molar-refractivity contribution in [2.45, 2.75) is 25.8 Å². The summed E-state index contributed by atoms with van der Waals surface area (Å²) >= 11 is 1.20. The first kappa shape index (κ1) is 19.5. The highest BCUT2D eigenvalue weighted by Crippen LogP contribution is 2.42. The Morgan fingerprint density at radius 2 is 1.94 bits per heavy atom. The molecule has 0 fully saturated rings. The zero-order chi connectivity index (χ0) is 21.7. The van der Waals surface area contributed by atoms with Crippen LogP contribution in [0.3, 0.4) is 0 Å². The van der Waals surface area contributed by atoms with E-state index in [2.05, 4.69) is 10.2 Å². The van der Waals surface area contributed by atoms with Gasteiger partial charge in [-0.2, -0.15) is 0 Å². The molecule has 2 aromatic heterocycles. The minimum Gasteiger partial charge on any atom is -0.450 e. The summed E-state index contributed by atoms with van der Waals surface area (Å²) in [5.41, 5.74) is -0.431. The average Bonchev–Trinajstić information content (AvgIpc) is 3.32. The van der Waals surface area contributed by atoms with Crippen LogP contribution in [0.2, 0.25) is 0 Å². The lowest BCUT2D eigenvalue weighted by Crippen LogP contribution is -2.30. The van der Waals surface area contributed by atoms with Crippen LogP contribution in [0.1, 0.15) is 46.1 Å². The number of fused-ring (bicyclic) bond motifs is 2. The molecule has 1 amide bonds. The molecule has 1 aliphatic rings. The van der Waals surface area contributed by atoms with Gasteiger partial charge >= 0.3 is 0 Å². The Kier molecular flexibility index (Phi) is 4.62. The Morgan fingerprint density at radius 1 is 1.13 bits per heavy atom. The molecular weight excluding hydrogens is 424 g/mol. The van der Waals surface area contributed by atoms with Gasteiger partial charge in [0.05, 0.1) is 10.9 Å². The normalized spacial score (nSPS) is 15.6. The van der Waals surface area contributed by atoms with Crippen molar-refractivity contribution in [1.29, 1.82) is 0 Å². The van der Waals surface area contributed by atoms with E-state index >= 15 is 0 Å². The van der Waals surface area contributed by atoms with E-state index in [4.69, 9.17) is 4.42 Å². The summed E-state index contributed by atoms with van der Waals surface area (Å²) in [6.45, 7) is 1.99. The van der Waals surface area contributed by atoms with Crippen LogP contribution in [0, 0.1) is 11.6 Å². The van der Waals surface area contributed by atoms with E-state index in [1.165, 1.54) is 40.5 Å². The van der Waals surface area contributed by atoms with Crippen LogP contribution in [-0.2, 0) is 6.42 Å². The van der Waals surface area contributed by atoms with Crippen LogP contribution in [0.25, 0.3) is 11.0 Å². The van der Waals surface area contributed by atoms with Crippen molar-refractivity contribution >= 4 is 33.3 Å². The summed E-state index contributed by atoms with van der Waals surface area (Å²) in [7, 11) is 0. The minimum absolute atomic E-state index is 0.0151. The molecule has 0 spiro atoms. The summed E-state index contributed by atoms with van der Waals surface area (Å²) in [5.74, 6) is -2.03. The molecule has 1 unspecified atom stereocenters. The molecule has 0 bridgehead atoms. The van der Waals surface area contributed by atoms with Gasteiger partial charge in [0.1, 0.15) is 28.3 Å². The van der Waals surface area contributed by atoms with E-state index in [-0.39, 0.29) is 33.0 Å². The highest BCUT2D eigenvalue weighted by Gasteiger charge is 2.46. The van der Waals surface area contributed by atoms with E-state index in [9.17, 15) is 18.4 Å².